The van der Waals surface area contributed by atoms with Crippen LogP contribution in [0.25, 0.3) is 11.4 Å². The number of aliphatic hydroxyl groups is 1. The SMILES string of the molecule is COc1cccc(-c2noc(CN3CCC(CO)CC3)n2)c1. The third kappa shape index (κ3) is 3.45. The molecule has 0 amide bonds. The van der Waals surface area contributed by atoms with Gasteiger partial charge >= 0.3 is 0 Å². The van der Waals surface area contributed by atoms with Crippen LogP contribution in [0.2, 0.25) is 0 Å². The van der Waals surface area contributed by atoms with Gasteiger partial charge in [0.25, 0.3) is 0 Å². The highest BCUT2D eigenvalue weighted by Crippen LogP contribution is 2.22. The van der Waals surface area contributed by atoms with E-state index in [-0.39, 0.29) is 6.61 Å². The predicted octanol–water partition coefficient (Wildman–Crippen LogP) is 1.95. The van der Waals surface area contributed by atoms with Crippen molar-refractivity contribution < 1.29 is 14.4 Å². The number of likely N-dealkylation sites (tertiary alicyclic amines) is 1. The van der Waals surface area contributed by atoms with Crippen molar-refractivity contribution in [3.63, 3.8) is 0 Å². The lowest BCUT2D eigenvalue weighted by atomic mass is 9.98. The van der Waals surface area contributed by atoms with Crippen LogP contribution in [0.15, 0.2) is 28.8 Å². The van der Waals surface area contributed by atoms with Gasteiger partial charge in [-0.05, 0) is 44.0 Å². The third-order valence-electron chi connectivity index (χ3n) is 4.12. The molecule has 1 aromatic heterocycles. The van der Waals surface area contributed by atoms with Crippen molar-refractivity contribution in [2.24, 2.45) is 5.92 Å². The lowest BCUT2D eigenvalue weighted by Gasteiger charge is -2.29. The Balaban J connectivity index is 1.64. The molecule has 0 aliphatic carbocycles. The maximum absolute atomic E-state index is 9.17. The lowest BCUT2D eigenvalue weighted by molar-refractivity contribution is 0.119. The Bertz CT molecular complexity index is 606. The highest BCUT2D eigenvalue weighted by Gasteiger charge is 2.20. The average molecular weight is 303 g/mol. The van der Waals surface area contributed by atoms with Crippen LogP contribution in [-0.2, 0) is 6.54 Å². The van der Waals surface area contributed by atoms with Crippen LogP contribution in [0.4, 0.5) is 0 Å². The number of piperidine rings is 1. The third-order valence-corrected chi connectivity index (χ3v) is 4.12. The minimum absolute atomic E-state index is 0.286. The molecular formula is C16H21N3O3. The summed E-state index contributed by atoms with van der Waals surface area (Å²) in [6.07, 6.45) is 2.04. The molecule has 6 heteroatoms. The van der Waals surface area contributed by atoms with E-state index in [4.69, 9.17) is 14.4 Å². The van der Waals surface area contributed by atoms with Crippen molar-refractivity contribution in [2.45, 2.75) is 19.4 Å². The molecule has 1 fully saturated rings. The fraction of sp³-hybridized carbons (Fsp3) is 0.500. The zero-order chi connectivity index (χ0) is 15.4. The summed E-state index contributed by atoms with van der Waals surface area (Å²) < 4.78 is 10.6. The Morgan fingerprint density at radius 2 is 2.18 bits per heavy atom. The Hall–Kier alpha value is -1.92. The van der Waals surface area contributed by atoms with Crippen LogP contribution in [0.5, 0.6) is 5.75 Å². The van der Waals surface area contributed by atoms with Crippen molar-refractivity contribution in [1.29, 1.82) is 0 Å². The van der Waals surface area contributed by atoms with E-state index in [0.717, 1.165) is 37.2 Å². The van der Waals surface area contributed by atoms with E-state index in [1.807, 2.05) is 24.3 Å². The molecule has 1 saturated heterocycles. The Morgan fingerprint density at radius 1 is 1.36 bits per heavy atom. The summed E-state index contributed by atoms with van der Waals surface area (Å²) in [5, 5.41) is 13.2. The van der Waals surface area contributed by atoms with Gasteiger partial charge in [0.1, 0.15) is 5.75 Å². The highest BCUT2D eigenvalue weighted by molar-refractivity contribution is 5.56. The van der Waals surface area contributed by atoms with Crippen LogP contribution in [0.3, 0.4) is 0 Å². The molecule has 0 bridgehead atoms. The molecule has 1 aliphatic rings. The first-order valence-electron chi connectivity index (χ1n) is 7.58. The quantitative estimate of drug-likeness (QED) is 0.910. The van der Waals surface area contributed by atoms with E-state index in [2.05, 4.69) is 15.0 Å². The smallest absolute Gasteiger partial charge is 0.241 e. The molecule has 1 N–H and O–H groups in total. The maximum Gasteiger partial charge on any atom is 0.241 e. The number of aliphatic hydroxyl groups excluding tert-OH is 1. The van der Waals surface area contributed by atoms with Crippen molar-refractivity contribution >= 4 is 0 Å². The first-order valence-corrected chi connectivity index (χ1v) is 7.58. The van der Waals surface area contributed by atoms with Crippen LogP contribution in [-0.4, -0.2) is 47.0 Å². The molecule has 22 heavy (non-hydrogen) atoms. The van der Waals surface area contributed by atoms with Crippen molar-refractivity contribution in [2.75, 3.05) is 26.8 Å². The van der Waals surface area contributed by atoms with Gasteiger partial charge in [-0.25, -0.2) is 0 Å². The van der Waals surface area contributed by atoms with Gasteiger partial charge in [0.05, 0.1) is 13.7 Å². The fourth-order valence-corrected chi connectivity index (χ4v) is 2.72. The molecule has 118 valence electrons. The first kappa shape index (κ1) is 15.0. The van der Waals surface area contributed by atoms with Gasteiger partial charge in [-0.1, -0.05) is 17.3 Å². The molecule has 1 aromatic carbocycles. The number of aromatic nitrogens is 2. The normalized spacial score (nSPS) is 16.8. The molecule has 2 aromatic rings. The highest BCUT2D eigenvalue weighted by atomic mass is 16.5. The van der Waals surface area contributed by atoms with Crippen molar-refractivity contribution in [1.82, 2.24) is 15.0 Å². The minimum Gasteiger partial charge on any atom is -0.497 e. The van der Waals surface area contributed by atoms with E-state index in [0.29, 0.717) is 24.2 Å². The fourth-order valence-electron chi connectivity index (χ4n) is 2.72. The number of methoxy groups -OCH3 is 1. The zero-order valence-electron chi connectivity index (χ0n) is 12.7. The van der Waals surface area contributed by atoms with Crippen LogP contribution >= 0.6 is 0 Å². The average Bonchev–Trinajstić information content (AvgIpc) is 3.04. The predicted molar refractivity (Wildman–Crippen MR) is 81.4 cm³/mol. The first-order chi connectivity index (χ1) is 10.8. The zero-order valence-corrected chi connectivity index (χ0v) is 12.7. The molecule has 6 nitrogen and oxygen atoms in total. The van der Waals surface area contributed by atoms with Crippen molar-refractivity contribution in [3.05, 3.63) is 30.2 Å². The summed E-state index contributed by atoms with van der Waals surface area (Å²) in [5.74, 6) is 2.42. The van der Waals surface area contributed by atoms with Crippen LogP contribution in [0.1, 0.15) is 18.7 Å². The number of hydrogen-bond donors (Lipinski definition) is 1. The summed E-state index contributed by atoms with van der Waals surface area (Å²) in [7, 11) is 1.64. The Labute approximate surface area is 129 Å². The van der Waals surface area contributed by atoms with E-state index >= 15 is 0 Å². The number of benzene rings is 1. The van der Waals surface area contributed by atoms with E-state index < -0.39 is 0 Å². The molecule has 0 saturated carbocycles. The summed E-state index contributed by atoms with van der Waals surface area (Å²) in [4.78, 5) is 6.75. The van der Waals surface area contributed by atoms with Crippen molar-refractivity contribution in [3.8, 4) is 17.1 Å². The molecule has 2 heterocycles. The monoisotopic (exact) mass is 303 g/mol. The topological polar surface area (TPSA) is 71.6 Å². The number of ether oxygens (including phenoxy) is 1. The second-order valence-corrected chi connectivity index (χ2v) is 5.65. The van der Waals surface area contributed by atoms with Gasteiger partial charge in [-0.15, -0.1) is 0 Å². The molecule has 0 atom stereocenters. The minimum atomic E-state index is 0.286. The number of hydrogen-bond acceptors (Lipinski definition) is 6. The molecule has 0 spiro atoms. The van der Waals surface area contributed by atoms with Gasteiger partial charge in [-0.2, -0.15) is 4.98 Å². The Morgan fingerprint density at radius 3 is 2.91 bits per heavy atom. The molecule has 0 radical (unpaired) electrons. The Kier molecular flexibility index (Phi) is 4.70. The van der Waals surface area contributed by atoms with E-state index in [1.165, 1.54) is 0 Å². The summed E-state index contributed by atoms with van der Waals surface area (Å²) >= 11 is 0. The molecule has 0 unspecified atom stereocenters. The second-order valence-electron chi connectivity index (χ2n) is 5.65. The molecule has 1 aliphatic heterocycles. The van der Waals surface area contributed by atoms with Gasteiger partial charge in [0, 0.05) is 12.2 Å². The number of nitrogens with zero attached hydrogens (tertiary/aromatic N) is 3. The lowest BCUT2D eigenvalue weighted by Crippen LogP contribution is -2.34. The largest absolute Gasteiger partial charge is 0.497 e. The summed E-state index contributed by atoms with van der Waals surface area (Å²) in [5.41, 5.74) is 0.883. The molecular weight excluding hydrogens is 282 g/mol. The summed E-state index contributed by atoms with van der Waals surface area (Å²) in [6.45, 7) is 2.87. The number of rotatable bonds is 5. The van der Waals surface area contributed by atoms with Gasteiger partial charge < -0.3 is 14.4 Å². The second kappa shape index (κ2) is 6.89. The van der Waals surface area contributed by atoms with Gasteiger partial charge in [-0.3, -0.25) is 4.90 Å². The van der Waals surface area contributed by atoms with Crippen LogP contribution < -0.4 is 4.74 Å². The van der Waals surface area contributed by atoms with E-state index in [9.17, 15) is 0 Å². The van der Waals surface area contributed by atoms with E-state index in [1.54, 1.807) is 7.11 Å². The van der Waals surface area contributed by atoms with Gasteiger partial charge in [0.2, 0.25) is 11.7 Å². The standard InChI is InChI=1S/C16H21N3O3/c1-21-14-4-2-3-13(9-14)16-17-15(22-18-16)10-19-7-5-12(11-20)6-8-19/h2-4,9,12,20H,5-8,10-11H2,1H3. The summed E-state index contributed by atoms with van der Waals surface area (Å²) in [6, 6.07) is 7.62. The maximum atomic E-state index is 9.17. The molecule has 3 rings (SSSR count). The van der Waals surface area contributed by atoms with Crippen LogP contribution in [0, 0.1) is 5.92 Å². The van der Waals surface area contributed by atoms with Gasteiger partial charge in [0.15, 0.2) is 0 Å².